The number of rotatable bonds is 6. The fourth-order valence-electron chi connectivity index (χ4n) is 2.28. The first-order valence-corrected chi connectivity index (χ1v) is 8.15. The van der Waals surface area contributed by atoms with E-state index in [4.69, 9.17) is 16.9 Å². The summed E-state index contributed by atoms with van der Waals surface area (Å²) in [5, 5.41) is 12.2. The number of anilines is 1. The van der Waals surface area contributed by atoms with Gasteiger partial charge in [-0.1, -0.05) is 29.8 Å². The third kappa shape index (κ3) is 5.94. The van der Waals surface area contributed by atoms with Crippen LogP contribution in [0.3, 0.4) is 0 Å². The van der Waals surface area contributed by atoms with Crippen molar-refractivity contribution in [2.45, 2.75) is 19.9 Å². The van der Waals surface area contributed by atoms with E-state index >= 15 is 0 Å². The molecular formula is C19H18ClN3O2. The van der Waals surface area contributed by atoms with Gasteiger partial charge in [-0.15, -0.1) is 0 Å². The van der Waals surface area contributed by atoms with Crippen molar-refractivity contribution in [3.8, 4) is 6.07 Å². The number of hydrogen-bond donors (Lipinski definition) is 1. The number of nitriles is 1. The lowest BCUT2D eigenvalue weighted by Gasteiger charge is -2.21. The molecular weight excluding hydrogens is 338 g/mol. The van der Waals surface area contributed by atoms with E-state index in [1.165, 1.54) is 6.92 Å². The monoisotopic (exact) mass is 355 g/mol. The van der Waals surface area contributed by atoms with Gasteiger partial charge in [0.15, 0.2) is 0 Å². The molecule has 0 saturated carbocycles. The van der Waals surface area contributed by atoms with Crippen LogP contribution in [0.4, 0.5) is 5.69 Å². The van der Waals surface area contributed by atoms with Crippen molar-refractivity contribution in [3.63, 3.8) is 0 Å². The maximum atomic E-state index is 12.1. The molecule has 0 aliphatic carbocycles. The molecule has 2 aromatic rings. The number of amides is 2. The highest BCUT2D eigenvalue weighted by Gasteiger charge is 2.12. The minimum absolute atomic E-state index is 0.103. The molecule has 0 aromatic heterocycles. The van der Waals surface area contributed by atoms with Crippen molar-refractivity contribution < 1.29 is 9.59 Å². The van der Waals surface area contributed by atoms with Gasteiger partial charge in [-0.05, 0) is 35.9 Å². The number of nitrogens with zero attached hydrogens (tertiary/aromatic N) is 2. The summed E-state index contributed by atoms with van der Waals surface area (Å²) in [6, 6.07) is 16.0. The minimum atomic E-state index is -0.211. The molecule has 5 nitrogen and oxygen atoms in total. The molecule has 0 atom stereocenters. The Labute approximate surface area is 151 Å². The van der Waals surface area contributed by atoms with Crippen molar-refractivity contribution in [2.75, 3.05) is 11.9 Å². The van der Waals surface area contributed by atoms with E-state index in [1.807, 2.05) is 18.2 Å². The molecule has 128 valence electrons. The zero-order valence-corrected chi connectivity index (χ0v) is 14.6. The smallest absolute Gasteiger partial charge is 0.226 e. The predicted octanol–water partition coefficient (Wildman–Crippen LogP) is 3.59. The van der Waals surface area contributed by atoms with Gasteiger partial charge in [0.2, 0.25) is 11.8 Å². The van der Waals surface area contributed by atoms with Gasteiger partial charge in [0.05, 0.1) is 11.6 Å². The highest BCUT2D eigenvalue weighted by molar-refractivity contribution is 6.30. The molecule has 2 rings (SSSR count). The SMILES string of the molecule is CC(=O)N(CCC(=O)Nc1cccc(C#N)c1)Cc1ccc(Cl)cc1. The molecule has 2 aromatic carbocycles. The Morgan fingerprint density at radius 2 is 1.92 bits per heavy atom. The standard InChI is InChI=1S/C19H18ClN3O2/c1-14(24)23(13-15-5-7-17(20)8-6-15)10-9-19(25)22-18-4-2-3-16(11-18)12-21/h2-8,11H,9-10,13H2,1H3,(H,22,25). The van der Waals surface area contributed by atoms with Crippen molar-refractivity contribution in [1.82, 2.24) is 4.90 Å². The van der Waals surface area contributed by atoms with Crippen LogP contribution in [0.25, 0.3) is 0 Å². The lowest BCUT2D eigenvalue weighted by Crippen LogP contribution is -2.31. The summed E-state index contributed by atoms with van der Waals surface area (Å²) in [5.74, 6) is -0.313. The van der Waals surface area contributed by atoms with Gasteiger partial charge in [-0.25, -0.2) is 0 Å². The van der Waals surface area contributed by atoms with E-state index in [2.05, 4.69) is 5.32 Å². The Morgan fingerprint density at radius 1 is 1.20 bits per heavy atom. The quantitative estimate of drug-likeness (QED) is 0.860. The van der Waals surface area contributed by atoms with E-state index in [0.717, 1.165) is 5.56 Å². The second kappa shape index (κ2) is 8.86. The lowest BCUT2D eigenvalue weighted by atomic mass is 10.2. The van der Waals surface area contributed by atoms with Crippen LogP contribution in [0, 0.1) is 11.3 Å². The largest absolute Gasteiger partial charge is 0.338 e. The van der Waals surface area contributed by atoms with Crippen LogP contribution < -0.4 is 5.32 Å². The van der Waals surface area contributed by atoms with E-state index < -0.39 is 0 Å². The van der Waals surface area contributed by atoms with Gasteiger partial charge in [0.1, 0.15) is 0 Å². The molecule has 2 amide bonds. The Bertz CT molecular complexity index is 797. The Morgan fingerprint density at radius 3 is 2.56 bits per heavy atom. The van der Waals surface area contributed by atoms with Crippen LogP contribution in [0.2, 0.25) is 5.02 Å². The number of carbonyl (C=O) groups is 2. The summed E-state index contributed by atoms with van der Waals surface area (Å²) < 4.78 is 0. The molecule has 0 radical (unpaired) electrons. The second-order valence-corrected chi connectivity index (χ2v) is 5.99. The lowest BCUT2D eigenvalue weighted by molar-refractivity contribution is -0.129. The molecule has 6 heteroatoms. The predicted molar refractivity (Wildman–Crippen MR) is 96.9 cm³/mol. The van der Waals surface area contributed by atoms with Crippen LogP contribution in [-0.4, -0.2) is 23.3 Å². The van der Waals surface area contributed by atoms with Gasteiger partial charge in [-0.3, -0.25) is 9.59 Å². The average Bonchev–Trinajstić information content (AvgIpc) is 2.60. The summed E-state index contributed by atoms with van der Waals surface area (Å²) in [7, 11) is 0. The van der Waals surface area contributed by atoms with E-state index in [9.17, 15) is 9.59 Å². The van der Waals surface area contributed by atoms with Crippen molar-refractivity contribution in [3.05, 3.63) is 64.7 Å². The molecule has 0 saturated heterocycles. The van der Waals surface area contributed by atoms with Gasteiger partial charge >= 0.3 is 0 Å². The maximum Gasteiger partial charge on any atom is 0.226 e. The molecule has 0 aliphatic rings. The summed E-state index contributed by atoms with van der Waals surface area (Å²) >= 11 is 5.86. The number of hydrogen-bond acceptors (Lipinski definition) is 3. The molecule has 0 bridgehead atoms. The molecule has 0 heterocycles. The van der Waals surface area contributed by atoms with E-state index in [-0.39, 0.29) is 18.2 Å². The molecule has 1 N–H and O–H groups in total. The first-order valence-electron chi connectivity index (χ1n) is 7.78. The molecule has 25 heavy (non-hydrogen) atoms. The molecule has 0 aliphatic heterocycles. The van der Waals surface area contributed by atoms with Crippen molar-refractivity contribution in [1.29, 1.82) is 5.26 Å². The number of halogens is 1. The summed E-state index contributed by atoms with van der Waals surface area (Å²) in [6.45, 7) is 2.20. The Hall–Kier alpha value is -2.84. The highest BCUT2D eigenvalue weighted by atomic mass is 35.5. The number of nitrogens with one attached hydrogen (secondary N) is 1. The summed E-state index contributed by atoms with van der Waals surface area (Å²) in [5.41, 5.74) is 1.99. The van der Waals surface area contributed by atoms with Crippen molar-refractivity contribution >= 4 is 29.1 Å². The highest BCUT2D eigenvalue weighted by Crippen LogP contribution is 2.13. The third-order valence-corrected chi connectivity index (χ3v) is 3.87. The van der Waals surface area contributed by atoms with Gasteiger partial charge in [-0.2, -0.15) is 5.26 Å². The van der Waals surface area contributed by atoms with Crippen LogP contribution in [0.1, 0.15) is 24.5 Å². The minimum Gasteiger partial charge on any atom is -0.338 e. The topological polar surface area (TPSA) is 73.2 Å². The number of benzene rings is 2. The summed E-state index contributed by atoms with van der Waals surface area (Å²) in [4.78, 5) is 25.5. The normalized spacial score (nSPS) is 9.96. The molecule has 0 spiro atoms. The van der Waals surface area contributed by atoms with Crippen LogP contribution in [-0.2, 0) is 16.1 Å². The molecule has 0 unspecified atom stereocenters. The fraction of sp³-hybridized carbons (Fsp3) is 0.211. The summed E-state index contributed by atoms with van der Waals surface area (Å²) in [6.07, 6.45) is 0.171. The zero-order chi connectivity index (χ0) is 18.2. The van der Waals surface area contributed by atoms with Crippen LogP contribution in [0.15, 0.2) is 48.5 Å². The first kappa shape index (κ1) is 18.5. The van der Waals surface area contributed by atoms with Crippen molar-refractivity contribution in [2.24, 2.45) is 0 Å². The third-order valence-electron chi connectivity index (χ3n) is 3.62. The van der Waals surface area contributed by atoms with Gasteiger partial charge in [0, 0.05) is 37.1 Å². The fourth-order valence-corrected chi connectivity index (χ4v) is 2.41. The van der Waals surface area contributed by atoms with E-state index in [0.29, 0.717) is 29.4 Å². The maximum absolute atomic E-state index is 12.1. The average molecular weight is 356 g/mol. The van der Waals surface area contributed by atoms with Gasteiger partial charge < -0.3 is 10.2 Å². The zero-order valence-electron chi connectivity index (χ0n) is 13.8. The van der Waals surface area contributed by atoms with E-state index in [1.54, 1.807) is 41.3 Å². The van der Waals surface area contributed by atoms with Gasteiger partial charge in [0.25, 0.3) is 0 Å². The van der Waals surface area contributed by atoms with Crippen LogP contribution >= 0.6 is 11.6 Å². The first-order chi connectivity index (χ1) is 12.0. The number of carbonyl (C=O) groups excluding carboxylic acids is 2. The Balaban J connectivity index is 1.91. The Kier molecular flexibility index (Phi) is 6.55. The van der Waals surface area contributed by atoms with Crippen LogP contribution in [0.5, 0.6) is 0 Å². The second-order valence-electron chi connectivity index (χ2n) is 5.56. The molecule has 0 fully saturated rings.